The van der Waals surface area contributed by atoms with Crippen LogP contribution in [0.1, 0.15) is 59.5 Å². The van der Waals surface area contributed by atoms with E-state index in [1.54, 1.807) is 7.11 Å². The standard InChI is InChI=1S/C24H29NO2/c1-27-24-12-7-10-19-20-15-17-25(22(20)14-13-21(19)24)16-6-5-11-23(26)18-8-3-2-4-9-18/h2-4,7-10,12,20,22H,5-6,11,13-17H2,1H3/t20-,22+/m0/s1. The molecule has 2 aromatic carbocycles. The highest BCUT2D eigenvalue weighted by atomic mass is 16.5. The molecule has 0 spiro atoms. The second-order valence-electron chi connectivity index (χ2n) is 7.81. The van der Waals surface area contributed by atoms with E-state index in [-0.39, 0.29) is 5.78 Å². The molecule has 1 saturated heterocycles. The number of methoxy groups -OCH3 is 1. The third-order valence-corrected chi connectivity index (χ3v) is 6.33. The maximum Gasteiger partial charge on any atom is 0.162 e. The molecule has 3 heteroatoms. The van der Waals surface area contributed by atoms with Crippen LogP contribution in [0.2, 0.25) is 0 Å². The lowest BCUT2D eigenvalue weighted by Gasteiger charge is -2.34. The van der Waals surface area contributed by atoms with Crippen LogP contribution in [-0.2, 0) is 6.42 Å². The van der Waals surface area contributed by atoms with Gasteiger partial charge in [-0.25, -0.2) is 0 Å². The molecule has 1 fully saturated rings. The number of hydrogen-bond acceptors (Lipinski definition) is 3. The minimum atomic E-state index is 0.272. The second-order valence-corrected chi connectivity index (χ2v) is 7.81. The Morgan fingerprint density at radius 3 is 2.74 bits per heavy atom. The molecule has 142 valence electrons. The molecule has 0 amide bonds. The molecule has 2 atom stereocenters. The number of carbonyl (C=O) groups excluding carboxylic acids is 1. The van der Waals surface area contributed by atoms with Crippen LogP contribution in [0.5, 0.6) is 5.75 Å². The summed E-state index contributed by atoms with van der Waals surface area (Å²) < 4.78 is 5.58. The molecule has 0 N–H and O–H groups in total. The average molecular weight is 364 g/mol. The summed E-state index contributed by atoms with van der Waals surface area (Å²) in [6, 6.07) is 16.9. The Hall–Kier alpha value is -2.13. The highest BCUT2D eigenvalue weighted by Gasteiger charge is 2.38. The summed E-state index contributed by atoms with van der Waals surface area (Å²) in [5, 5.41) is 0. The van der Waals surface area contributed by atoms with Crippen LogP contribution >= 0.6 is 0 Å². The Kier molecular flexibility index (Phi) is 5.58. The number of likely N-dealkylation sites (tertiary alicyclic amines) is 1. The summed E-state index contributed by atoms with van der Waals surface area (Å²) in [6.07, 6.45) is 6.32. The van der Waals surface area contributed by atoms with Gasteiger partial charge < -0.3 is 4.74 Å². The quantitative estimate of drug-likeness (QED) is 0.520. The molecule has 1 heterocycles. The van der Waals surface area contributed by atoms with Gasteiger partial charge in [-0.2, -0.15) is 0 Å². The molecule has 27 heavy (non-hydrogen) atoms. The zero-order valence-corrected chi connectivity index (χ0v) is 16.2. The fourth-order valence-electron chi connectivity index (χ4n) is 4.99. The molecule has 0 unspecified atom stereocenters. The van der Waals surface area contributed by atoms with E-state index in [4.69, 9.17) is 4.74 Å². The molecule has 1 aliphatic carbocycles. The normalized spacial score (nSPS) is 21.5. The minimum Gasteiger partial charge on any atom is -0.496 e. The van der Waals surface area contributed by atoms with Crippen molar-refractivity contribution in [3.05, 3.63) is 65.2 Å². The van der Waals surface area contributed by atoms with Crippen LogP contribution in [0.3, 0.4) is 0 Å². The zero-order chi connectivity index (χ0) is 18.6. The van der Waals surface area contributed by atoms with E-state index >= 15 is 0 Å². The largest absolute Gasteiger partial charge is 0.496 e. The molecular weight excluding hydrogens is 334 g/mol. The number of ketones is 1. The van der Waals surface area contributed by atoms with Gasteiger partial charge in [0, 0.05) is 23.9 Å². The third-order valence-electron chi connectivity index (χ3n) is 6.33. The highest BCUT2D eigenvalue weighted by molar-refractivity contribution is 5.95. The lowest BCUT2D eigenvalue weighted by molar-refractivity contribution is 0.0977. The van der Waals surface area contributed by atoms with Gasteiger partial charge in [-0.15, -0.1) is 0 Å². The average Bonchev–Trinajstić information content (AvgIpc) is 3.14. The van der Waals surface area contributed by atoms with E-state index in [2.05, 4.69) is 23.1 Å². The van der Waals surface area contributed by atoms with E-state index in [1.807, 2.05) is 30.3 Å². The molecule has 2 aliphatic rings. The first-order chi connectivity index (χ1) is 13.3. The van der Waals surface area contributed by atoms with Crippen molar-refractivity contribution < 1.29 is 9.53 Å². The number of benzene rings is 2. The summed E-state index contributed by atoms with van der Waals surface area (Å²) in [4.78, 5) is 14.9. The monoisotopic (exact) mass is 363 g/mol. The number of fused-ring (bicyclic) bond motifs is 3. The number of carbonyl (C=O) groups is 1. The van der Waals surface area contributed by atoms with Crippen molar-refractivity contribution in [2.24, 2.45) is 0 Å². The lowest BCUT2D eigenvalue weighted by atomic mass is 9.79. The second kappa shape index (κ2) is 8.26. The van der Waals surface area contributed by atoms with Crippen LogP contribution < -0.4 is 4.74 Å². The van der Waals surface area contributed by atoms with Crippen LogP contribution in [0.25, 0.3) is 0 Å². The summed E-state index contributed by atoms with van der Waals surface area (Å²) in [6.45, 7) is 2.29. The lowest BCUT2D eigenvalue weighted by Crippen LogP contribution is -2.35. The number of rotatable bonds is 7. The maximum atomic E-state index is 12.2. The third kappa shape index (κ3) is 3.79. The SMILES string of the molecule is COc1cccc2c1CC[C@@H]1[C@H]2CCN1CCCCC(=O)c1ccccc1. The Morgan fingerprint density at radius 1 is 1.07 bits per heavy atom. The van der Waals surface area contributed by atoms with Gasteiger partial charge in [-0.1, -0.05) is 42.5 Å². The van der Waals surface area contributed by atoms with Crippen LogP contribution in [-0.4, -0.2) is 36.9 Å². The van der Waals surface area contributed by atoms with E-state index in [0.717, 1.165) is 37.1 Å². The van der Waals surface area contributed by atoms with Crippen LogP contribution in [0.15, 0.2) is 48.5 Å². The van der Waals surface area contributed by atoms with Gasteiger partial charge in [-0.3, -0.25) is 9.69 Å². The molecule has 3 nitrogen and oxygen atoms in total. The van der Waals surface area contributed by atoms with Crippen molar-refractivity contribution in [3.8, 4) is 5.75 Å². The van der Waals surface area contributed by atoms with E-state index < -0.39 is 0 Å². The molecular formula is C24H29NO2. The number of nitrogens with zero attached hydrogens (tertiary/aromatic N) is 1. The van der Waals surface area contributed by atoms with Crippen LogP contribution in [0.4, 0.5) is 0 Å². The molecule has 0 bridgehead atoms. The highest BCUT2D eigenvalue weighted by Crippen LogP contribution is 2.44. The van der Waals surface area contributed by atoms with Crippen molar-refractivity contribution in [2.45, 2.75) is 50.5 Å². The Bertz CT molecular complexity index is 786. The number of Topliss-reactive ketones (excluding diaryl/α,β-unsaturated/α-hetero) is 1. The van der Waals surface area contributed by atoms with Gasteiger partial charge in [0.25, 0.3) is 0 Å². The fourth-order valence-corrected chi connectivity index (χ4v) is 4.99. The summed E-state index contributed by atoms with van der Waals surface area (Å²) in [5.41, 5.74) is 3.78. The van der Waals surface area contributed by atoms with Gasteiger partial charge in [-0.05, 0) is 62.4 Å². The van der Waals surface area contributed by atoms with Crippen molar-refractivity contribution in [1.82, 2.24) is 4.90 Å². The predicted octanol–water partition coefficient (Wildman–Crippen LogP) is 4.85. The molecule has 0 aromatic heterocycles. The zero-order valence-electron chi connectivity index (χ0n) is 16.2. The molecule has 0 radical (unpaired) electrons. The van der Waals surface area contributed by atoms with Crippen molar-refractivity contribution in [1.29, 1.82) is 0 Å². The first kappa shape index (κ1) is 18.2. The smallest absolute Gasteiger partial charge is 0.162 e. The van der Waals surface area contributed by atoms with Crippen molar-refractivity contribution in [2.75, 3.05) is 20.2 Å². The Balaban J connectivity index is 1.30. The maximum absolute atomic E-state index is 12.2. The summed E-state index contributed by atoms with van der Waals surface area (Å²) in [5.74, 6) is 1.98. The van der Waals surface area contributed by atoms with Gasteiger partial charge >= 0.3 is 0 Å². The fraction of sp³-hybridized carbons (Fsp3) is 0.458. The number of unbranched alkanes of at least 4 members (excludes halogenated alkanes) is 1. The molecule has 0 saturated carbocycles. The Morgan fingerprint density at radius 2 is 1.93 bits per heavy atom. The van der Waals surface area contributed by atoms with Crippen LogP contribution in [0, 0.1) is 0 Å². The van der Waals surface area contributed by atoms with E-state index in [9.17, 15) is 4.79 Å². The molecule has 2 aromatic rings. The molecule has 4 rings (SSSR count). The summed E-state index contributed by atoms with van der Waals surface area (Å²) >= 11 is 0. The minimum absolute atomic E-state index is 0.272. The van der Waals surface area contributed by atoms with Gasteiger partial charge in [0.2, 0.25) is 0 Å². The van der Waals surface area contributed by atoms with E-state index in [0.29, 0.717) is 18.4 Å². The predicted molar refractivity (Wildman–Crippen MR) is 109 cm³/mol. The first-order valence-electron chi connectivity index (χ1n) is 10.3. The van der Waals surface area contributed by atoms with Gasteiger partial charge in [0.1, 0.15) is 5.75 Å². The topological polar surface area (TPSA) is 29.5 Å². The molecule has 1 aliphatic heterocycles. The first-order valence-corrected chi connectivity index (χ1v) is 10.3. The number of hydrogen-bond donors (Lipinski definition) is 0. The van der Waals surface area contributed by atoms with E-state index in [1.165, 1.54) is 30.5 Å². The van der Waals surface area contributed by atoms with Crippen molar-refractivity contribution >= 4 is 5.78 Å². The number of ether oxygens (including phenoxy) is 1. The van der Waals surface area contributed by atoms with Gasteiger partial charge in [0.05, 0.1) is 7.11 Å². The van der Waals surface area contributed by atoms with Crippen molar-refractivity contribution in [3.63, 3.8) is 0 Å². The van der Waals surface area contributed by atoms with Gasteiger partial charge in [0.15, 0.2) is 5.78 Å². The Labute approximate surface area is 162 Å². The summed E-state index contributed by atoms with van der Waals surface area (Å²) in [7, 11) is 1.78.